The van der Waals surface area contributed by atoms with Crippen LogP contribution in [0.15, 0.2) is 15.8 Å². The second-order valence-corrected chi connectivity index (χ2v) is 2.76. The Morgan fingerprint density at radius 1 is 1.50 bits per heavy atom. The lowest BCUT2D eigenvalue weighted by atomic mass is 10.1. The smallest absolute Gasteiger partial charge is 0.136 e. The van der Waals surface area contributed by atoms with Crippen molar-refractivity contribution in [2.75, 3.05) is 0 Å². The molecular formula is C9H12N2O. The Bertz CT molecular complexity index is 260. The van der Waals surface area contributed by atoms with Gasteiger partial charge in [0.1, 0.15) is 11.5 Å². The van der Waals surface area contributed by atoms with Gasteiger partial charge in [-0.05, 0) is 12.8 Å². The summed E-state index contributed by atoms with van der Waals surface area (Å²) in [5.74, 6) is 1.83. The zero-order chi connectivity index (χ0) is 8.81. The number of hydrogen-bond acceptors (Lipinski definition) is 3. The molecule has 0 saturated carbocycles. The van der Waals surface area contributed by atoms with Gasteiger partial charge in [0.05, 0.1) is 11.9 Å². The summed E-state index contributed by atoms with van der Waals surface area (Å²) in [7, 11) is 0. The molecule has 0 amide bonds. The molecule has 1 aliphatic rings. The van der Waals surface area contributed by atoms with Gasteiger partial charge >= 0.3 is 0 Å². The summed E-state index contributed by atoms with van der Waals surface area (Å²) in [6.45, 7) is 2.14. The minimum Gasteiger partial charge on any atom is -0.233 e. The highest BCUT2D eigenvalue weighted by molar-refractivity contribution is 6.23. The van der Waals surface area contributed by atoms with Crippen LogP contribution in [-0.2, 0) is 4.79 Å². The van der Waals surface area contributed by atoms with Crippen LogP contribution in [0.2, 0.25) is 0 Å². The normalized spacial score (nSPS) is 14.8. The number of unbranched alkanes of at least 4 members (excludes halogenated alkanes) is 2. The molecule has 0 bridgehead atoms. The van der Waals surface area contributed by atoms with E-state index in [0.29, 0.717) is 5.57 Å². The molecule has 0 aliphatic carbocycles. The first-order valence-corrected chi connectivity index (χ1v) is 4.24. The third-order valence-electron chi connectivity index (χ3n) is 1.80. The lowest BCUT2D eigenvalue weighted by molar-refractivity contribution is 0.568. The monoisotopic (exact) mass is 164 g/mol. The van der Waals surface area contributed by atoms with Gasteiger partial charge in [-0.2, -0.15) is 10.2 Å². The largest absolute Gasteiger partial charge is 0.233 e. The van der Waals surface area contributed by atoms with Crippen LogP contribution in [0.5, 0.6) is 0 Å². The van der Waals surface area contributed by atoms with Gasteiger partial charge in [0.25, 0.3) is 0 Å². The lowest BCUT2D eigenvalue weighted by Gasteiger charge is -1.96. The Kier molecular flexibility index (Phi) is 3.42. The average molecular weight is 164 g/mol. The molecule has 0 fully saturated rings. The zero-order valence-electron chi connectivity index (χ0n) is 7.21. The summed E-state index contributed by atoms with van der Waals surface area (Å²) in [6, 6.07) is 0. The first-order valence-electron chi connectivity index (χ1n) is 4.24. The van der Waals surface area contributed by atoms with E-state index in [1.807, 2.05) is 5.94 Å². The average Bonchev–Trinajstić information content (AvgIpc) is 2.52. The predicted octanol–water partition coefficient (Wildman–Crippen LogP) is 1.77. The molecule has 0 spiro atoms. The first kappa shape index (κ1) is 8.88. The quantitative estimate of drug-likeness (QED) is 0.461. The van der Waals surface area contributed by atoms with Crippen LogP contribution in [0.1, 0.15) is 32.6 Å². The Balaban J connectivity index is 2.39. The summed E-state index contributed by atoms with van der Waals surface area (Å²) in [6.07, 6.45) is 5.73. The molecule has 12 heavy (non-hydrogen) atoms. The number of rotatable bonds is 4. The van der Waals surface area contributed by atoms with E-state index >= 15 is 0 Å². The molecule has 3 nitrogen and oxygen atoms in total. The van der Waals surface area contributed by atoms with Crippen molar-refractivity contribution < 1.29 is 4.79 Å². The molecule has 1 heterocycles. The molecule has 0 aromatic rings. The highest BCUT2D eigenvalue weighted by Gasteiger charge is 2.10. The molecule has 64 valence electrons. The standard InChI is InChI=1S/C9H12N2O/c1-2-3-4-5-9-8(7-12)6-10-11-9/h6H,2-5H2,1H3. The lowest BCUT2D eigenvalue weighted by Crippen LogP contribution is -2.00. The fourth-order valence-electron chi connectivity index (χ4n) is 1.10. The number of allylic oxidation sites excluding steroid dienone is 1. The van der Waals surface area contributed by atoms with Crippen LogP contribution >= 0.6 is 0 Å². The second-order valence-electron chi connectivity index (χ2n) is 2.76. The van der Waals surface area contributed by atoms with Crippen LogP contribution in [0.3, 0.4) is 0 Å². The van der Waals surface area contributed by atoms with Gasteiger partial charge in [-0.3, -0.25) is 0 Å². The molecule has 1 aliphatic heterocycles. The van der Waals surface area contributed by atoms with Crippen molar-refractivity contribution in [2.45, 2.75) is 32.6 Å². The summed E-state index contributed by atoms with van der Waals surface area (Å²) in [5.41, 5.74) is 1.31. The van der Waals surface area contributed by atoms with Gasteiger partial charge in [0.2, 0.25) is 0 Å². The van der Waals surface area contributed by atoms with E-state index < -0.39 is 0 Å². The minimum atomic E-state index is 0.520. The van der Waals surface area contributed by atoms with E-state index in [9.17, 15) is 4.79 Å². The molecule has 0 unspecified atom stereocenters. The van der Waals surface area contributed by atoms with Crippen molar-refractivity contribution in [1.82, 2.24) is 0 Å². The first-order chi connectivity index (χ1) is 5.88. The van der Waals surface area contributed by atoms with Gasteiger partial charge in [-0.15, -0.1) is 0 Å². The van der Waals surface area contributed by atoms with E-state index in [1.165, 1.54) is 19.1 Å². The molecule has 0 aromatic heterocycles. The van der Waals surface area contributed by atoms with Crippen LogP contribution < -0.4 is 0 Å². The van der Waals surface area contributed by atoms with Crippen LogP contribution in [0.4, 0.5) is 0 Å². The summed E-state index contributed by atoms with van der Waals surface area (Å²) in [5, 5.41) is 7.51. The third kappa shape index (κ3) is 2.14. The van der Waals surface area contributed by atoms with Crippen LogP contribution in [-0.4, -0.2) is 17.9 Å². The Labute approximate surface area is 71.9 Å². The Morgan fingerprint density at radius 2 is 2.33 bits per heavy atom. The second kappa shape index (κ2) is 4.62. The molecule has 0 saturated heterocycles. The summed E-state index contributed by atoms with van der Waals surface area (Å²) < 4.78 is 0. The Morgan fingerprint density at radius 3 is 3.00 bits per heavy atom. The predicted molar refractivity (Wildman–Crippen MR) is 49.3 cm³/mol. The van der Waals surface area contributed by atoms with Crippen molar-refractivity contribution in [1.29, 1.82) is 0 Å². The number of nitrogens with zero attached hydrogens (tertiary/aromatic N) is 2. The zero-order valence-corrected chi connectivity index (χ0v) is 7.21. The van der Waals surface area contributed by atoms with Crippen LogP contribution in [0, 0.1) is 0 Å². The molecule has 0 N–H and O–H groups in total. The van der Waals surface area contributed by atoms with Crippen molar-refractivity contribution in [3.63, 3.8) is 0 Å². The number of hydrogen-bond donors (Lipinski definition) is 0. The number of carbonyl (C=O) groups excluding carboxylic acids is 1. The van der Waals surface area contributed by atoms with Crippen molar-refractivity contribution >= 4 is 17.9 Å². The Hall–Kier alpha value is -1.21. The molecule has 0 aromatic carbocycles. The van der Waals surface area contributed by atoms with E-state index in [0.717, 1.165) is 18.6 Å². The van der Waals surface area contributed by atoms with Crippen molar-refractivity contribution in [2.24, 2.45) is 10.2 Å². The SMILES string of the molecule is CCCCCC1=NN=CC1=C=O. The molecule has 1 rings (SSSR count). The maximum atomic E-state index is 10.3. The van der Waals surface area contributed by atoms with E-state index in [2.05, 4.69) is 17.1 Å². The van der Waals surface area contributed by atoms with Crippen molar-refractivity contribution in [3.05, 3.63) is 5.57 Å². The van der Waals surface area contributed by atoms with Gasteiger partial charge < -0.3 is 0 Å². The molecule has 0 radical (unpaired) electrons. The van der Waals surface area contributed by atoms with Gasteiger partial charge in [-0.25, -0.2) is 4.79 Å². The highest BCUT2D eigenvalue weighted by Crippen LogP contribution is 2.09. The summed E-state index contributed by atoms with van der Waals surface area (Å²) in [4.78, 5) is 10.3. The van der Waals surface area contributed by atoms with Gasteiger partial charge in [0.15, 0.2) is 0 Å². The van der Waals surface area contributed by atoms with E-state index in [1.54, 1.807) is 0 Å². The molecule has 3 heteroatoms. The maximum absolute atomic E-state index is 10.3. The molecule has 0 atom stereocenters. The molecular weight excluding hydrogens is 152 g/mol. The van der Waals surface area contributed by atoms with E-state index in [4.69, 9.17) is 0 Å². The minimum absolute atomic E-state index is 0.520. The van der Waals surface area contributed by atoms with Crippen molar-refractivity contribution in [3.8, 4) is 0 Å². The van der Waals surface area contributed by atoms with Gasteiger partial charge in [0, 0.05) is 0 Å². The summed E-state index contributed by atoms with van der Waals surface area (Å²) >= 11 is 0. The van der Waals surface area contributed by atoms with Gasteiger partial charge in [-0.1, -0.05) is 19.8 Å². The third-order valence-corrected chi connectivity index (χ3v) is 1.80. The van der Waals surface area contributed by atoms with E-state index in [-0.39, 0.29) is 0 Å². The highest BCUT2D eigenvalue weighted by atomic mass is 16.1. The topological polar surface area (TPSA) is 41.8 Å². The fourth-order valence-corrected chi connectivity index (χ4v) is 1.10. The maximum Gasteiger partial charge on any atom is 0.136 e. The fraction of sp³-hybridized carbons (Fsp3) is 0.556. The van der Waals surface area contributed by atoms with Crippen LogP contribution in [0.25, 0.3) is 0 Å².